The fraction of sp³-hybridized carbons (Fsp3) is 0.545. The summed E-state index contributed by atoms with van der Waals surface area (Å²) in [5.74, 6) is 3.28. The van der Waals surface area contributed by atoms with E-state index in [0.29, 0.717) is 5.02 Å². The molecular formula is C11H15ClN2OS. The van der Waals surface area contributed by atoms with Crippen LogP contribution < -0.4 is 4.90 Å². The van der Waals surface area contributed by atoms with Crippen LogP contribution in [0.15, 0.2) is 12.3 Å². The Bertz CT molecular complexity index is 354. The first kappa shape index (κ1) is 12.0. The van der Waals surface area contributed by atoms with E-state index in [9.17, 15) is 0 Å². The summed E-state index contributed by atoms with van der Waals surface area (Å²) in [6.07, 6.45) is 2.81. The summed E-state index contributed by atoms with van der Waals surface area (Å²) in [6.45, 7) is 2.02. The molecule has 0 atom stereocenters. The molecule has 0 aromatic carbocycles. The van der Waals surface area contributed by atoms with Gasteiger partial charge in [-0.3, -0.25) is 0 Å². The number of hydrogen-bond acceptors (Lipinski definition) is 4. The Labute approximate surface area is 105 Å². The van der Waals surface area contributed by atoms with Gasteiger partial charge in [-0.1, -0.05) is 11.6 Å². The van der Waals surface area contributed by atoms with E-state index in [0.717, 1.165) is 30.2 Å². The van der Waals surface area contributed by atoms with Crippen LogP contribution in [0.1, 0.15) is 12.0 Å². The normalized spacial score (nSPS) is 17.2. The van der Waals surface area contributed by atoms with Crippen molar-refractivity contribution in [2.45, 2.75) is 13.0 Å². The van der Waals surface area contributed by atoms with Gasteiger partial charge in [-0.05, 0) is 18.2 Å². The average molecular weight is 259 g/mol. The van der Waals surface area contributed by atoms with E-state index >= 15 is 0 Å². The number of nitrogens with zero attached hydrogens (tertiary/aromatic N) is 2. The Morgan fingerprint density at radius 1 is 1.44 bits per heavy atom. The number of halogens is 1. The summed E-state index contributed by atoms with van der Waals surface area (Å²) in [5.41, 5.74) is 0.753. The third-order valence-electron chi connectivity index (χ3n) is 2.64. The largest absolute Gasteiger partial charge is 0.392 e. The van der Waals surface area contributed by atoms with Crippen LogP contribution in [0.4, 0.5) is 5.82 Å². The molecule has 5 heteroatoms. The fourth-order valence-corrected chi connectivity index (χ4v) is 2.79. The zero-order chi connectivity index (χ0) is 11.4. The molecule has 0 spiro atoms. The van der Waals surface area contributed by atoms with Gasteiger partial charge in [0.05, 0.1) is 11.6 Å². The van der Waals surface area contributed by atoms with Crippen LogP contribution in [0.2, 0.25) is 5.02 Å². The Kier molecular flexibility index (Phi) is 4.32. The molecule has 2 rings (SSSR count). The number of hydrogen-bond donors (Lipinski definition) is 1. The summed E-state index contributed by atoms with van der Waals surface area (Å²) < 4.78 is 0. The van der Waals surface area contributed by atoms with Gasteiger partial charge in [-0.2, -0.15) is 11.8 Å². The first-order chi connectivity index (χ1) is 7.81. The topological polar surface area (TPSA) is 36.4 Å². The van der Waals surface area contributed by atoms with Crippen LogP contribution in [0.5, 0.6) is 0 Å². The predicted molar refractivity (Wildman–Crippen MR) is 69.3 cm³/mol. The second-order valence-electron chi connectivity index (χ2n) is 3.74. The van der Waals surface area contributed by atoms with Crippen molar-refractivity contribution in [1.82, 2.24) is 4.98 Å². The molecule has 0 saturated carbocycles. The third-order valence-corrected chi connectivity index (χ3v) is 4.03. The van der Waals surface area contributed by atoms with Crippen LogP contribution in [-0.4, -0.2) is 34.7 Å². The molecule has 1 N–H and O–H groups in total. The van der Waals surface area contributed by atoms with Crippen molar-refractivity contribution in [3.8, 4) is 0 Å². The molecule has 0 unspecified atom stereocenters. The average Bonchev–Trinajstić information content (AvgIpc) is 2.58. The maximum atomic E-state index is 9.16. The minimum atomic E-state index is -0.0308. The SMILES string of the molecule is OCc1cc(N2CCCSCC2)ncc1Cl. The number of rotatable bonds is 2. The monoisotopic (exact) mass is 258 g/mol. The van der Waals surface area contributed by atoms with Gasteiger partial charge in [0.15, 0.2) is 0 Å². The molecule has 88 valence electrons. The highest BCUT2D eigenvalue weighted by molar-refractivity contribution is 7.99. The van der Waals surface area contributed by atoms with Gasteiger partial charge >= 0.3 is 0 Å². The second kappa shape index (κ2) is 5.75. The second-order valence-corrected chi connectivity index (χ2v) is 5.38. The molecule has 0 radical (unpaired) electrons. The van der Waals surface area contributed by atoms with E-state index in [1.165, 1.54) is 12.2 Å². The summed E-state index contributed by atoms with van der Waals surface area (Å²) in [4.78, 5) is 6.59. The molecule has 1 aliphatic heterocycles. The van der Waals surface area contributed by atoms with Crippen molar-refractivity contribution in [2.24, 2.45) is 0 Å². The standard InChI is InChI=1S/C11H15ClN2OS/c12-10-7-13-11(6-9(10)8-15)14-2-1-4-16-5-3-14/h6-7,15H,1-5,8H2. The van der Waals surface area contributed by atoms with Gasteiger partial charge in [0.2, 0.25) is 0 Å². The zero-order valence-electron chi connectivity index (χ0n) is 9.03. The summed E-state index contributed by atoms with van der Waals surface area (Å²) in [7, 11) is 0. The lowest BCUT2D eigenvalue weighted by molar-refractivity contribution is 0.282. The van der Waals surface area contributed by atoms with Gasteiger partial charge in [0.25, 0.3) is 0 Å². The number of aliphatic hydroxyl groups is 1. The quantitative estimate of drug-likeness (QED) is 0.882. The molecule has 2 heterocycles. The molecular weight excluding hydrogens is 244 g/mol. The van der Waals surface area contributed by atoms with Crippen molar-refractivity contribution in [3.63, 3.8) is 0 Å². The Morgan fingerprint density at radius 2 is 2.31 bits per heavy atom. The lowest BCUT2D eigenvalue weighted by Gasteiger charge is -2.21. The highest BCUT2D eigenvalue weighted by Crippen LogP contribution is 2.22. The Balaban J connectivity index is 2.18. The molecule has 0 aliphatic carbocycles. The van der Waals surface area contributed by atoms with Crippen molar-refractivity contribution in [2.75, 3.05) is 29.5 Å². The lowest BCUT2D eigenvalue weighted by Crippen LogP contribution is -2.26. The van der Waals surface area contributed by atoms with Crippen molar-refractivity contribution >= 4 is 29.2 Å². The molecule has 1 saturated heterocycles. The van der Waals surface area contributed by atoms with Crippen molar-refractivity contribution in [1.29, 1.82) is 0 Å². The molecule has 1 aliphatic rings. The smallest absolute Gasteiger partial charge is 0.128 e. The van der Waals surface area contributed by atoms with Crippen molar-refractivity contribution < 1.29 is 5.11 Å². The molecule has 1 fully saturated rings. The van der Waals surface area contributed by atoms with E-state index in [1.54, 1.807) is 6.20 Å². The number of thioether (sulfide) groups is 1. The Morgan fingerprint density at radius 3 is 3.12 bits per heavy atom. The van der Waals surface area contributed by atoms with Crippen LogP contribution in [0, 0.1) is 0 Å². The number of anilines is 1. The first-order valence-electron chi connectivity index (χ1n) is 5.39. The van der Waals surface area contributed by atoms with E-state index < -0.39 is 0 Å². The molecule has 0 bridgehead atoms. The van der Waals surface area contributed by atoms with Crippen LogP contribution >= 0.6 is 23.4 Å². The van der Waals surface area contributed by atoms with E-state index in [4.69, 9.17) is 16.7 Å². The zero-order valence-corrected chi connectivity index (χ0v) is 10.6. The summed E-state index contributed by atoms with van der Waals surface area (Å²) in [5, 5.41) is 9.70. The van der Waals surface area contributed by atoms with Gasteiger partial charge in [0, 0.05) is 30.6 Å². The maximum Gasteiger partial charge on any atom is 0.128 e. The highest BCUT2D eigenvalue weighted by atomic mass is 35.5. The minimum absolute atomic E-state index is 0.0308. The minimum Gasteiger partial charge on any atom is -0.392 e. The van der Waals surface area contributed by atoms with Gasteiger partial charge in [-0.15, -0.1) is 0 Å². The number of aliphatic hydroxyl groups excluding tert-OH is 1. The Hall–Kier alpha value is -0.450. The van der Waals surface area contributed by atoms with E-state index in [2.05, 4.69) is 9.88 Å². The lowest BCUT2D eigenvalue weighted by atomic mass is 10.2. The van der Waals surface area contributed by atoms with Gasteiger partial charge in [0.1, 0.15) is 5.82 Å². The number of aromatic nitrogens is 1. The summed E-state index contributed by atoms with van der Waals surface area (Å²) >= 11 is 7.90. The molecule has 3 nitrogen and oxygen atoms in total. The van der Waals surface area contributed by atoms with Gasteiger partial charge in [-0.25, -0.2) is 4.98 Å². The number of pyridine rings is 1. The molecule has 1 aromatic heterocycles. The van der Waals surface area contributed by atoms with E-state index in [1.807, 2.05) is 17.8 Å². The van der Waals surface area contributed by atoms with Crippen molar-refractivity contribution in [3.05, 3.63) is 22.8 Å². The van der Waals surface area contributed by atoms with Crippen LogP contribution in [-0.2, 0) is 6.61 Å². The van der Waals surface area contributed by atoms with Gasteiger partial charge < -0.3 is 10.0 Å². The van der Waals surface area contributed by atoms with Crippen LogP contribution in [0.25, 0.3) is 0 Å². The molecule has 1 aromatic rings. The molecule has 16 heavy (non-hydrogen) atoms. The maximum absolute atomic E-state index is 9.16. The predicted octanol–water partition coefficient (Wildman–Crippen LogP) is 2.17. The fourth-order valence-electron chi connectivity index (χ4n) is 1.74. The summed E-state index contributed by atoms with van der Waals surface area (Å²) in [6, 6.07) is 1.89. The highest BCUT2D eigenvalue weighted by Gasteiger charge is 2.12. The molecule has 0 amide bonds. The first-order valence-corrected chi connectivity index (χ1v) is 6.92. The third kappa shape index (κ3) is 2.81. The van der Waals surface area contributed by atoms with E-state index in [-0.39, 0.29) is 6.61 Å². The van der Waals surface area contributed by atoms with Crippen LogP contribution in [0.3, 0.4) is 0 Å².